The van der Waals surface area contributed by atoms with E-state index < -0.39 is 22.7 Å². The third-order valence-corrected chi connectivity index (χ3v) is 5.04. The van der Waals surface area contributed by atoms with Gasteiger partial charge in [-0.15, -0.1) is 0 Å². The Hall–Kier alpha value is -3.27. The summed E-state index contributed by atoms with van der Waals surface area (Å²) in [7, 11) is 0. The average Bonchev–Trinajstić information content (AvgIpc) is 3.01. The van der Waals surface area contributed by atoms with Crippen LogP contribution >= 0.6 is 11.6 Å². The summed E-state index contributed by atoms with van der Waals surface area (Å²) in [5.74, 6) is -2.08. The summed E-state index contributed by atoms with van der Waals surface area (Å²) >= 11 is 5.89. The maximum atomic E-state index is 12.8. The highest BCUT2D eigenvalue weighted by Crippen LogP contribution is 2.39. The number of benzene rings is 2. The van der Waals surface area contributed by atoms with Gasteiger partial charge in [-0.3, -0.25) is 19.7 Å². The number of rotatable bonds is 8. The monoisotopic (exact) mass is 446 g/mol. The van der Waals surface area contributed by atoms with Gasteiger partial charge in [0.15, 0.2) is 0 Å². The number of carbonyl (C=O) groups is 2. The zero-order chi connectivity index (χ0) is 22.5. The first kappa shape index (κ1) is 22.4. The fraction of sp³-hybridized carbons (Fsp3) is 0.238. The molecule has 31 heavy (non-hydrogen) atoms. The minimum Gasteiger partial charge on any atom is -0.507 e. The molecule has 0 bridgehead atoms. The Kier molecular flexibility index (Phi) is 7.01. The van der Waals surface area contributed by atoms with Crippen LogP contribution < -0.4 is 0 Å². The molecule has 1 unspecified atom stereocenters. The second kappa shape index (κ2) is 9.69. The summed E-state index contributed by atoms with van der Waals surface area (Å²) in [4.78, 5) is 37.2. The van der Waals surface area contributed by atoms with Gasteiger partial charge >= 0.3 is 0 Å². The van der Waals surface area contributed by atoms with Crippen molar-refractivity contribution >= 4 is 34.7 Å². The standard InChI is InChI=1S/C21H19ClN2O7/c22-15-5-1-14(2-6-15)19(26)17-18(13-3-7-16(8-4-13)24(29)30)23(21(28)20(17)27)9-11-31-12-10-25/h1-8,18,25-26H,9-12H2. The predicted molar refractivity (Wildman–Crippen MR) is 111 cm³/mol. The van der Waals surface area contributed by atoms with Crippen molar-refractivity contribution in [3.05, 3.63) is 80.4 Å². The third kappa shape index (κ3) is 4.74. The molecule has 1 aliphatic heterocycles. The second-order valence-electron chi connectivity index (χ2n) is 6.68. The number of nitro groups is 1. The lowest BCUT2D eigenvalue weighted by molar-refractivity contribution is -0.384. The summed E-state index contributed by atoms with van der Waals surface area (Å²) in [6.07, 6.45) is 0. The molecular weight excluding hydrogens is 428 g/mol. The number of amides is 1. The highest BCUT2D eigenvalue weighted by Gasteiger charge is 2.46. The first-order valence-corrected chi connectivity index (χ1v) is 9.70. The zero-order valence-corrected chi connectivity index (χ0v) is 17.0. The van der Waals surface area contributed by atoms with Gasteiger partial charge in [-0.25, -0.2) is 0 Å². The number of hydrogen-bond donors (Lipinski definition) is 2. The molecule has 0 aromatic heterocycles. The number of likely N-dealkylation sites (tertiary alicyclic amines) is 1. The molecule has 162 valence electrons. The lowest BCUT2D eigenvalue weighted by Crippen LogP contribution is -2.33. The summed E-state index contributed by atoms with van der Waals surface area (Å²) in [6, 6.07) is 10.5. The molecule has 0 aliphatic carbocycles. The van der Waals surface area contributed by atoms with E-state index in [1.54, 1.807) is 0 Å². The van der Waals surface area contributed by atoms with Crippen LogP contribution in [-0.4, -0.2) is 58.1 Å². The number of halogens is 1. The smallest absolute Gasteiger partial charge is 0.295 e. The quantitative estimate of drug-likeness (QED) is 0.159. The maximum absolute atomic E-state index is 12.8. The van der Waals surface area contributed by atoms with Gasteiger partial charge in [-0.2, -0.15) is 0 Å². The lowest BCUT2D eigenvalue weighted by atomic mass is 9.95. The molecule has 3 rings (SSSR count). The number of nitrogens with zero attached hydrogens (tertiary/aromatic N) is 2. The van der Waals surface area contributed by atoms with Crippen molar-refractivity contribution in [2.75, 3.05) is 26.4 Å². The van der Waals surface area contributed by atoms with Crippen molar-refractivity contribution in [2.45, 2.75) is 6.04 Å². The number of nitro benzene ring substituents is 1. The van der Waals surface area contributed by atoms with E-state index in [-0.39, 0.29) is 43.4 Å². The van der Waals surface area contributed by atoms with Crippen LogP contribution in [0.5, 0.6) is 0 Å². The van der Waals surface area contributed by atoms with E-state index in [1.807, 2.05) is 0 Å². The van der Waals surface area contributed by atoms with Crippen LogP contribution in [0.15, 0.2) is 54.1 Å². The van der Waals surface area contributed by atoms with Crippen LogP contribution in [0, 0.1) is 10.1 Å². The molecule has 1 fully saturated rings. The van der Waals surface area contributed by atoms with Crippen LogP contribution in [0.4, 0.5) is 5.69 Å². The molecule has 2 N–H and O–H groups in total. The molecule has 1 aliphatic rings. The van der Waals surface area contributed by atoms with Crippen LogP contribution in [-0.2, 0) is 14.3 Å². The van der Waals surface area contributed by atoms with E-state index in [1.165, 1.54) is 53.4 Å². The van der Waals surface area contributed by atoms with Crippen molar-refractivity contribution in [3.63, 3.8) is 0 Å². The first-order valence-electron chi connectivity index (χ1n) is 9.32. The lowest BCUT2D eigenvalue weighted by Gasteiger charge is -2.25. The van der Waals surface area contributed by atoms with Gasteiger partial charge in [0.2, 0.25) is 0 Å². The first-order chi connectivity index (χ1) is 14.8. The molecule has 2 aromatic rings. The van der Waals surface area contributed by atoms with Crippen LogP contribution in [0.1, 0.15) is 17.2 Å². The maximum Gasteiger partial charge on any atom is 0.295 e. The number of aliphatic hydroxyl groups excluding tert-OH is 2. The Labute approximate surface area is 182 Å². The normalized spacial score (nSPS) is 17.9. The largest absolute Gasteiger partial charge is 0.507 e. The fourth-order valence-electron chi connectivity index (χ4n) is 3.33. The molecule has 1 heterocycles. The minimum absolute atomic E-state index is 0.0175. The number of carbonyl (C=O) groups excluding carboxylic acids is 2. The Morgan fingerprint density at radius 2 is 1.74 bits per heavy atom. The third-order valence-electron chi connectivity index (χ3n) is 4.79. The van der Waals surface area contributed by atoms with Gasteiger partial charge in [0.25, 0.3) is 17.4 Å². The van der Waals surface area contributed by atoms with Crippen molar-refractivity contribution in [1.29, 1.82) is 0 Å². The highest BCUT2D eigenvalue weighted by molar-refractivity contribution is 6.46. The highest BCUT2D eigenvalue weighted by atomic mass is 35.5. The predicted octanol–water partition coefficient (Wildman–Crippen LogP) is 2.68. The molecule has 2 aromatic carbocycles. The van der Waals surface area contributed by atoms with Crippen LogP contribution in [0.2, 0.25) is 5.02 Å². The number of hydrogen-bond acceptors (Lipinski definition) is 7. The number of ketones is 1. The Balaban J connectivity index is 2.07. The van der Waals surface area contributed by atoms with Crippen molar-refractivity contribution in [3.8, 4) is 0 Å². The van der Waals surface area contributed by atoms with Gasteiger partial charge < -0.3 is 19.8 Å². The molecule has 0 radical (unpaired) electrons. The second-order valence-corrected chi connectivity index (χ2v) is 7.12. The van der Waals surface area contributed by atoms with Crippen LogP contribution in [0.3, 0.4) is 0 Å². The Bertz CT molecular complexity index is 1020. The summed E-state index contributed by atoms with van der Waals surface area (Å²) in [5.41, 5.74) is 0.432. The molecule has 1 atom stereocenters. The number of Topliss-reactive ketones (excluding diaryl/α,β-unsaturated/α-hetero) is 1. The van der Waals surface area contributed by atoms with E-state index in [0.717, 1.165) is 0 Å². The molecule has 0 spiro atoms. The summed E-state index contributed by atoms with van der Waals surface area (Å²) < 4.78 is 5.22. The summed E-state index contributed by atoms with van der Waals surface area (Å²) in [6.45, 7) is -0.0558. The van der Waals surface area contributed by atoms with Gasteiger partial charge in [0.1, 0.15) is 5.76 Å². The van der Waals surface area contributed by atoms with Gasteiger partial charge in [-0.05, 0) is 42.0 Å². The molecular formula is C21H19ClN2O7. The van der Waals surface area contributed by atoms with Crippen molar-refractivity contribution in [1.82, 2.24) is 4.90 Å². The summed E-state index contributed by atoms with van der Waals surface area (Å²) in [5, 5.41) is 31.1. The minimum atomic E-state index is -0.964. The van der Waals surface area contributed by atoms with E-state index >= 15 is 0 Å². The van der Waals surface area contributed by atoms with Gasteiger partial charge in [0, 0.05) is 29.3 Å². The molecule has 9 nitrogen and oxygen atoms in total. The van der Waals surface area contributed by atoms with Gasteiger partial charge in [0.05, 0.1) is 36.4 Å². The zero-order valence-electron chi connectivity index (χ0n) is 16.2. The fourth-order valence-corrected chi connectivity index (χ4v) is 3.45. The van der Waals surface area contributed by atoms with E-state index in [4.69, 9.17) is 21.4 Å². The van der Waals surface area contributed by atoms with Crippen molar-refractivity contribution < 1.29 is 29.5 Å². The Morgan fingerprint density at radius 1 is 1.10 bits per heavy atom. The van der Waals surface area contributed by atoms with Crippen LogP contribution in [0.25, 0.3) is 5.76 Å². The molecule has 10 heteroatoms. The van der Waals surface area contributed by atoms with Crippen molar-refractivity contribution in [2.24, 2.45) is 0 Å². The number of non-ortho nitro benzene ring substituents is 1. The van der Waals surface area contributed by atoms with E-state index in [2.05, 4.69) is 0 Å². The molecule has 0 saturated carbocycles. The number of aliphatic hydroxyl groups is 2. The average molecular weight is 447 g/mol. The van der Waals surface area contributed by atoms with E-state index in [0.29, 0.717) is 16.1 Å². The topological polar surface area (TPSA) is 130 Å². The number of ether oxygens (including phenoxy) is 1. The molecule has 1 saturated heterocycles. The van der Waals surface area contributed by atoms with E-state index in [9.17, 15) is 24.8 Å². The molecule has 1 amide bonds. The Morgan fingerprint density at radius 3 is 2.32 bits per heavy atom. The SMILES string of the molecule is O=C1C(=O)N(CCOCCO)C(c2ccc([N+](=O)[O-])cc2)C1=C(O)c1ccc(Cl)cc1. The van der Waals surface area contributed by atoms with Gasteiger partial charge in [-0.1, -0.05) is 11.6 Å².